The molecule has 12 heteroatoms. The molecule has 0 radical (unpaired) electrons. The van der Waals surface area contributed by atoms with Crippen LogP contribution in [0.3, 0.4) is 0 Å². The predicted octanol–water partition coefficient (Wildman–Crippen LogP) is 0.888. The molecular weight excluding hydrogens is 564 g/mol. The largest absolute Gasteiger partial charge is 0.394 e. The maximum Gasteiger partial charge on any atom is 0.287 e. The first-order chi connectivity index (χ1) is 21.0. The smallest absolute Gasteiger partial charge is 0.287 e. The molecule has 0 aromatic heterocycles. The van der Waals surface area contributed by atoms with Crippen molar-refractivity contribution >= 4 is 41.4 Å². The summed E-state index contributed by atoms with van der Waals surface area (Å²) in [5, 5.41) is 8.43. The lowest BCUT2D eigenvalue weighted by molar-refractivity contribution is -0.139. The summed E-state index contributed by atoms with van der Waals surface area (Å²) in [5.74, 6) is -4.26. The molecule has 2 saturated heterocycles. The van der Waals surface area contributed by atoms with E-state index in [1.807, 2.05) is 18.2 Å². The molecule has 1 unspecified atom stereocenters. The molecule has 3 fully saturated rings. The molecule has 12 nitrogen and oxygen atoms in total. The fourth-order valence-corrected chi connectivity index (χ4v) is 6.73. The number of hydrogen-bond acceptors (Lipinski definition) is 7. The standard InChI is InChI=1S/C32H44N6O6/c1-20(39)38-14-12-32(13-15-38)19-23(29(42)37-32)18-25(27(40)28(34)41)35-31(44)26(17-22-10-6-3-7-11-22)36-30(43)24(33)16-21-8-4-2-5-9-21/h2,4-5,8-9,16,22-23,25-26H,3,6-7,10-15,17-19,33H2,1H3,(H2,34,41)(H,35,44)(H,36,43)(H,37,42)/b24-16-/t23?,25-,26-/m0/s1. The highest BCUT2D eigenvalue weighted by Gasteiger charge is 2.47. The molecule has 1 aromatic carbocycles. The molecule has 3 atom stereocenters. The highest BCUT2D eigenvalue weighted by Crippen LogP contribution is 2.36. The third-order valence-electron chi connectivity index (χ3n) is 9.26. The van der Waals surface area contributed by atoms with Gasteiger partial charge in [0.05, 0.1) is 11.7 Å². The minimum absolute atomic E-state index is 0.0252. The number of Topliss-reactive ketones (excluding diaryl/α,β-unsaturated/α-hetero) is 1. The van der Waals surface area contributed by atoms with Crippen LogP contribution in [0.15, 0.2) is 36.0 Å². The molecule has 2 heterocycles. The van der Waals surface area contributed by atoms with Crippen LogP contribution in [0.4, 0.5) is 0 Å². The SMILES string of the molecule is CC(=O)N1CCC2(CC1)CC(C[C@H](NC(=O)[C@H](CC1CCCCC1)NC(=O)/C(N)=C/c1ccccc1)C(=O)C(N)=O)C(=O)N2. The lowest BCUT2D eigenvalue weighted by atomic mass is 9.81. The summed E-state index contributed by atoms with van der Waals surface area (Å²) in [6.45, 7) is 2.52. The molecule has 1 aliphatic carbocycles. The number of amides is 5. The average Bonchev–Trinajstić information content (AvgIpc) is 3.30. The van der Waals surface area contributed by atoms with E-state index in [-0.39, 0.29) is 29.9 Å². The molecule has 1 saturated carbocycles. The fraction of sp³-hybridized carbons (Fsp3) is 0.562. The highest BCUT2D eigenvalue weighted by molar-refractivity contribution is 6.38. The summed E-state index contributed by atoms with van der Waals surface area (Å²) < 4.78 is 0. The molecule has 4 rings (SSSR count). The van der Waals surface area contributed by atoms with Gasteiger partial charge in [-0.05, 0) is 49.7 Å². The molecule has 5 amide bonds. The summed E-state index contributed by atoms with van der Waals surface area (Å²) in [5.41, 5.74) is 11.6. The van der Waals surface area contributed by atoms with Gasteiger partial charge in [0, 0.05) is 31.5 Å². The van der Waals surface area contributed by atoms with Crippen molar-refractivity contribution in [3.05, 3.63) is 41.6 Å². The Bertz CT molecular complexity index is 1280. The molecule has 1 spiro atoms. The van der Waals surface area contributed by atoms with E-state index >= 15 is 0 Å². The van der Waals surface area contributed by atoms with E-state index in [9.17, 15) is 28.8 Å². The Morgan fingerprint density at radius 1 is 0.977 bits per heavy atom. The van der Waals surface area contributed by atoms with Crippen molar-refractivity contribution in [1.29, 1.82) is 0 Å². The fourth-order valence-electron chi connectivity index (χ4n) is 6.73. The number of likely N-dealkylation sites (tertiary alicyclic amines) is 1. The molecule has 3 aliphatic rings. The highest BCUT2D eigenvalue weighted by atomic mass is 16.2. The Hall–Kier alpha value is -4.22. The second kappa shape index (κ2) is 14.5. The van der Waals surface area contributed by atoms with Crippen LogP contribution >= 0.6 is 0 Å². The number of nitrogens with one attached hydrogen (secondary N) is 3. The first kappa shape index (κ1) is 32.7. The topological polar surface area (TPSA) is 194 Å². The summed E-state index contributed by atoms with van der Waals surface area (Å²) >= 11 is 0. The zero-order valence-electron chi connectivity index (χ0n) is 25.3. The molecule has 0 bridgehead atoms. The van der Waals surface area contributed by atoms with Gasteiger partial charge >= 0.3 is 0 Å². The van der Waals surface area contributed by atoms with Crippen LogP contribution in [0, 0.1) is 11.8 Å². The van der Waals surface area contributed by atoms with Gasteiger partial charge in [-0.15, -0.1) is 0 Å². The quantitative estimate of drug-likeness (QED) is 0.182. The Morgan fingerprint density at radius 2 is 1.64 bits per heavy atom. The van der Waals surface area contributed by atoms with Crippen molar-refractivity contribution in [3.63, 3.8) is 0 Å². The number of carbonyl (C=O) groups is 6. The summed E-state index contributed by atoms with van der Waals surface area (Å²) in [6, 6.07) is 6.70. The van der Waals surface area contributed by atoms with Gasteiger partial charge in [0.2, 0.25) is 23.5 Å². The lowest BCUT2D eigenvalue weighted by Gasteiger charge is -2.39. The van der Waals surface area contributed by atoms with Crippen molar-refractivity contribution in [1.82, 2.24) is 20.9 Å². The van der Waals surface area contributed by atoms with Crippen molar-refractivity contribution < 1.29 is 28.8 Å². The van der Waals surface area contributed by atoms with Gasteiger partial charge in [-0.1, -0.05) is 62.4 Å². The van der Waals surface area contributed by atoms with E-state index in [1.54, 1.807) is 17.0 Å². The monoisotopic (exact) mass is 608 g/mol. The van der Waals surface area contributed by atoms with E-state index in [0.29, 0.717) is 38.8 Å². The normalized spacial score (nSPS) is 21.7. The van der Waals surface area contributed by atoms with Crippen LogP contribution in [-0.4, -0.2) is 70.9 Å². The Kier molecular flexibility index (Phi) is 10.8. The predicted molar refractivity (Wildman–Crippen MR) is 163 cm³/mol. The number of benzene rings is 1. The molecule has 2 aliphatic heterocycles. The van der Waals surface area contributed by atoms with Crippen LogP contribution in [0.1, 0.15) is 76.7 Å². The maximum absolute atomic E-state index is 13.7. The number of piperidine rings is 1. The average molecular weight is 609 g/mol. The van der Waals surface area contributed by atoms with E-state index in [2.05, 4.69) is 16.0 Å². The zero-order valence-corrected chi connectivity index (χ0v) is 25.3. The Labute approximate surface area is 257 Å². The number of carbonyl (C=O) groups excluding carboxylic acids is 6. The number of nitrogens with zero attached hydrogens (tertiary/aromatic N) is 1. The van der Waals surface area contributed by atoms with Gasteiger partial charge in [0.15, 0.2) is 0 Å². The van der Waals surface area contributed by atoms with E-state index in [4.69, 9.17) is 11.5 Å². The number of primary amides is 1. The minimum atomic E-state index is -1.34. The van der Waals surface area contributed by atoms with Crippen molar-refractivity contribution in [2.75, 3.05) is 13.1 Å². The van der Waals surface area contributed by atoms with Crippen molar-refractivity contribution in [2.45, 2.75) is 88.8 Å². The van der Waals surface area contributed by atoms with Gasteiger partial charge < -0.3 is 32.3 Å². The van der Waals surface area contributed by atoms with Crippen molar-refractivity contribution in [3.8, 4) is 0 Å². The zero-order chi connectivity index (χ0) is 31.9. The van der Waals surface area contributed by atoms with Crippen molar-refractivity contribution in [2.24, 2.45) is 23.3 Å². The van der Waals surface area contributed by atoms with E-state index in [1.165, 1.54) is 13.0 Å². The molecule has 44 heavy (non-hydrogen) atoms. The van der Waals surface area contributed by atoms with E-state index < -0.39 is 47.0 Å². The third kappa shape index (κ3) is 8.45. The van der Waals surface area contributed by atoms with Crippen LogP contribution in [0.2, 0.25) is 0 Å². The number of nitrogens with two attached hydrogens (primary N) is 2. The van der Waals surface area contributed by atoms with Crippen LogP contribution in [0.25, 0.3) is 6.08 Å². The van der Waals surface area contributed by atoms with Gasteiger partial charge in [0.1, 0.15) is 6.04 Å². The lowest BCUT2D eigenvalue weighted by Crippen LogP contribution is -2.55. The first-order valence-electron chi connectivity index (χ1n) is 15.5. The van der Waals surface area contributed by atoms with Gasteiger partial charge in [-0.3, -0.25) is 28.8 Å². The van der Waals surface area contributed by atoms with Crippen LogP contribution < -0.4 is 27.4 Å². The maximum atomic E-state index is 13.7. The van der Waals surface area contributed by atoms with Crippen LogP contribution in [-0.2, 0) is 28.8 Å². The molecular formula is C32H44N6O6. The molecule has 1 aromatic rings. The summed E-state index contributed by atoms with van der Waals surface area (Å²) in [7, 11) is 0. The number of rotatable bonds is 11. The molecule has 238 valence electrons. The second-order valence-corrected chi connectivity index (χ2v) is 12.5. The Balaban J connectivity index is 1.48. The van der Waals surface area contributed by atoms with Gasteiger partial charge in [-0.2, -0.15) is 0 Å². The van der Waals surface area contributed by atoms with Gasteiger partial charge in [-0.25, -0.2) is 0 Å². The third-order valence-corrected chi connectivity index (χ3v) is 9.26. The first-order valence-corrected chi connectivity index (χ1v) is 15.5. The summed E-state index contributed by atoms with van der Waals surface area (Å²) in [4.78, 5) is 78.2. The minimum Gasteiger partial charge on any atom is -0.394 e. The summed E-state index contributed by atoms with van der Waals surface area (Å²) in [6.07, 6.45) is 8.26. The Morgan fingerprint density at radius 3 is 2.25 bits per heavy atom. The second-order valence-electron chi connectivity index (χ2n) is 12.5. The van der Waals surface area contributed by atoms with Crippen LogP contribution in [0.5, 0.6) is 0 Å². The molecule has 7 N–H and O–H groups in total. The number of ketones is 1. The van der Waals surface area contributed by atoms with E-state index in [0.717, 1.165) is 37.7 Å². The van der Waals surface area contributed by atoms with Gasteiger partial charge in [0.25, 0.3) is 11.8 Å². The number of hydrogen-bond donors (Lipinski definition) is 5.